The Morgan fingerprint density at radius 2 is 1.60 bits per heavy atom. The number of hydrogen-bond acceptors (Lipinski definition) is 9. The standard InChI is InChI=1S/C25H28FN7O2/c26-21-9-3-1-8-20(21)18-35-22-10-4-2-7-19(22)17-27-31-23-28-24(32-11-5-6-12-32)30-25(29-23)33-13-15-34-16-14-33/h1-4,7-10,17H,5-6,11-16,18H2,(H,28,29,30,31)/b27-17+. The summed E-state index contributed by atoms with van der Waals surface area (Å²) in [4.78, 5) is 18.2. The van der Waals surface area contributed by atoms with Crippen molar-refractivity contribution in [1.82, 2.24) is 15.0 Å². The molecule has 2 aliphatic heterocycles. The number of rotatable bonds is 8. The lowest BCUT2D eigenvalue weighted by Crippen LogP contribution is -2.38. The van der Waals surface area contributed by atoms with Gasteiger partial charge in [0, 0.05) is 37.3 Å². The SMILES string of the molecule is Fc1ccccc1COc1ccccc1/C=N/Nc1nc(N2CCCC2)nc(N2CCOCC2)n1. The molecule has 10 heteroatoms. The largest absolute Gasteiger partial charge is 0.488 e. The van der Waals surface area contributed by atoms with Crippen molar-refractivity contribution in [1.29, 1.82) is 0 Å². The molecule has 2 saturated heterocycles. The number of nitrogens with one attached hydrogen (secondary N) is 1. The molecule has 5 rings (SSSR count). The van der Waals surface area contributed by atoms with Crippen LogP contribution in [0.5, 0.6) is 5.75 Å². The van der Waals surface area contributed by atoms with E-state index >= 15 is 0 Å². The van der Waals surface area contributed by atoms with E-state index in [0.29, 0.717) is 42.4 Å². The van der Waals surface area contributed by atoms with Gasteiger partial charge in [-0.3, -0.25) is 0 Å². The third-order valence-electron chi connectivity index (χ3n) is 5.92. The number of hydrogen-bond donors (Lipinski definition) is 1. The minimum absolute atomic E-state index is 0.126. The van der Waals surface area contributed by atoms with Crippen molar-refractivity contribution in [2.75, 3.05) is 54.6 Å². The first-order valence-corrected chi connectivity index (χ1v) is 11.8. The Labute approximate surface area is 203 Å². The van der Waals surface area contributed by atoms with E-state index in [2.05, 4.69) is 30.3 Å². The summed E-state index contributed by atoms with van der Waals surface area (Å²) in [6, 6.07) is 14.0. The van der Waals surface area contributed by atoms with Crippen LogP contribution in [0.1, 0.15) is 24.0 Å². The van der Waals surface area contributed by atoms with Crippen LogP contribution in [0.3, 0.4) is 0 Å². The average molecular weight is 478 g/mol. The lowest BCUT2D eigenvalue weighted by atomic mass is 10.2. The number of halogens is 1. The van der Waals surface area contributed by atoms with Crippen molar-refractivity contribution in [2.45, 2.75) is 19.4 Å². The fourth-order valence-corrected chi connectivity index (χ4v) is 4.02. The molecule has 1 N–H and O–H groups in total. The molecular weight excluding hydrogens is 449 g/mol. The molecule has 0 atom stereocenters. The van der Waals surface area contributed by atoms with E-state index in [4.69, 9.17) is 14.5 Å². The quantitative estimate of drug-likeness (QED) is 0.390. The molecule has 35 heavy (non-hydrogen) atoms. The van der Waals surface area contributed by atoms with Gasteiger partial charge in [-0.15, -0.1) is 0 Å². The van der Waals surface area contributed by atoms with E-state index in [9.17, 15) is 4.39 Å². The van der Waals surface area contributed by atoms with Gasteiger partial charge in [0.25, 0.3) is 0 Å². The van der Waals surface area contributed by atoms with Gasteiger partial charge in [-0.25, -0.2) is 9.82 Å². The van der Waals surface area contributed by atoms with E-state index in [0.717, 1.165) is 44.6 Å². The number of anilines is 3. The van der Waals surface area contributed by atoms with Gasteiger partial charge in [0.1, 0.15) is 18.2 Å². The monoisotopic (exact) mass is 477 g/mol. The van der Waals surface area contributed by atoms with Crippen molar-refractivity contribution in [2.24, 2.45) is 5.10 Å². The predicted octanol–water partition coefficient (Wildman–Crippen LogP) is 3.47. The Morgan fingerprint density at radius 3 is 2.37 bits per heavy atom. The van der Waals surface area contributed by atoms with Crippen molar-refractivity contribution >= 4 is 24.1 Å². The van der Waals surface area contributed by atoms with E-state index < -0.39 is 0 Å². The number of hydrazone groups is 1. The Hall–Kier alpha value is -3.79. The summed E-state index contributed by atoms with van der Waals surface area (Å²) >= 11 is 0. The zero-order valence-corrected chi connectivity index (χ0v) is 19.4. The normalized spacial score (nSPS) is 16.1. The molecule has 182 valence electrons. The maximum Gasteiger partial charge on any atom is 0.250 e. The molecule has 2 aromatic carbocycles. The summed E-state index contributed by atoms with van der Waals surface area (Å²) in [5, 5.41) is 4.36. The number of ether oxygens (including phenoxy) is 2. The molecule has 1 aromatic heterocycles. The minimum atomic E-state index is -0.292. The summed E-state index contributed by atoms with van der Waals surface area (Å²) in [6.45, 7) is 4.76. The van der Waals surface area contributed by atoms with Gasteiger partial charge in [0.15, 0.2) is 0 Å². The Kier molecular flexibility index (Phi) is 7.28. The van der Waals surface area contributed by atoms with Gasteiger partial charge in [0.05, 0.1) is 19.4 Å². The van der Waals surface area contributed by atoms with E-state index in [-0.39, 0.29) is 12.4 Å². The second kappa shape index (κ2) is 11.1. The van der Waals surface area contributed by atoms with Crippen LogP contribution in [0.25, 0.3) is 0 Å². The summed E-state index contributed by atoms with van der Waals surface area (Å²) < 4.78 is 25.3. The minimum Gasteiger partial charge on any atom is -0.488 e. The topological polar surface area (TPSA) is 88.0 Å². The highest BCUT2D eigenvalue weighted by Crippen LogP contribution is 2.22. The fraction of sp³-hybridized carbons (Fsp3) is 0.360. The lowest BCUT2D eigenvalue weighted by Gasteiger charge is -2.27. The van der Waals surface area contributed by atoms with E-state index in [1.807, 2.05) is 24.3 Å². The van der Waals surface area contributed by atoms with Crippen LogP contribution in [0, 0.1) is 5.82 Å². The maximum atomic E-state index is 13.9. The molecule has 2 aliphatic rings. The first-order chi connectivity index (χ1) is 17.3. The van der Waals surface area contributed by atoms with Crippen LogP contribution in [-0.4, -0.2) is 60.6 Å². The summed E-state index contributed by atoms with van der Waals surface area (Å²) in [7, 11) is 0. The molecule has 3 heterocycles. The third-order valence-corrected chi connectivity index (χ3v) is 5.92. The summed E-state index contributed by atoms with van der Waals surface area (Å²) in [5.41, 5.74) is 4.20. The Bertz CT molecular complexity index is 1160. The highest BCUT2D eigenvalue weighted by Gasteiger charge is 2.21. The molecule has 9 nitrogen and oxygen atoms in total. The number of para-hydroxylation sites is 1. The summed E-state index contributed by atoms with van der Waals surface area (Å²) in [6.07, 6.45) is 3.90. The van der Waals surface area contributed by atoms with Gasteiger partial charge in [0.2, 0.25) is 17.8 Å². The van der Waals surface area contributed by atoms with Crippen molar-refractivity contribution in [3.8, 4) is 5.75 Å². The van der Waals surface area contributed by atoms with E-state index in [1.165, 1.54) is 6.07 Å². The molecule has 0 spiro atoms. The van der Waals surface area contributed by atoms with Crippen LogP contribution in [-0.2, 0) is 11.3 Å². The number of nitrogens with zero attached hydrogens (tertiary/aromatic N) is 6. The molecule has 0 radical (unpaired) electrons. The van der Waals surface area contributed by atoms with Gasteiger partial charge in [-0.1, -0.05) is 30.3 Å². The van der Waals surface area contributed by atoms with E-state index in [1.54, 1.807) is 24.4 Å². The molecular formula is C25H28FN7O2. The van der Waals surface area contributed by atoms with Crippen LogP contribution < -0.4 is 20.0 Å². The first kappa shape index (κ1) is 23.0. The molecule has 0 bridgehead atoms. The smallest absolute Gasteiger partial charge is 0.250 e. The van der Waals surface area contributed by atoms with Crippen molar-refractivity contribution in [3.63, 3.8) is 0 Å². The Morgan fingerprint density at radius 1 is 0.914 bits per heavy atom. The molecule has 0 saturated carbocycles. The number of benzene rings is 2. The fourth-order valence-electron chi connectivity index (χ4n) is 4.02. The Balaban J connectivity index is 1.31. The zero-order chi connectivity index (χ0) is 23.9. The predicted molar refractivity (Wildman–Crippen MR) is 133 cm³/mol. The molecule has 0 unspecified atom stereocenters. The second-order valence-corrected chi connectivity index (χ2v) is 8.34. The van der Waals surface area contributed by atoms with Gasteiger partial charge >= 0.3 is 0 Å². The molecule has 0 aliphatic carbocycles. The number of morpholine rings is 1. The van der Waals surface area contributed by atoms with Crippen molar-refractivity contribution in [3.05, 3.63) is 65.5 Å². The maximum absolute atomic E-state index is 13.9. The van der Waals surface area contributed by atoms with Gasteiger partial charge in [-0.2, -0.15) is 20.1 Å². The highest BCUT2D eigenvalue weighted by atomic mass is 19.1. The molecule has 2 fully saturated rings. The summed E-state index contributed by atoms with van der Waals surface area (Å²) in [5.74, 6) is 1.97. The zero-order valence-electron chi connectivity index (χ0n) is 19.4. The van der Waals surface area contributed by atoms with Crippen molar-refractivity contribution < 1.29 is 13.9 Å². The third kappa shape index (κ3) is 5.83. The molecule has 0 amide bonds. The first-order valence-electron chi connectivity index (χ1n) is 11.8. The van der Waals surface area contributed by atoms with Gasteiger partial charge < -0.3 is 19.3 Å². The van der Waals surface area contributed by atoms with Crippen LogP contribution in [0.4, 0.5) is 22.2 Å². The second-order valence-electron chi connectivity index (χ2n) is 8.34. The average Bonchev–Trinajstić information content (AvgIpc) is 3.45. The lowest BCUT2D eigenvalue weighted by molar-refractivity contribution is 0.122. The van der Waals surface area contributed by atoms with Gasteiger partial charge in [-0.05, 0) is 31.0 Å². The van der Waals surface area contributed by atoms with Crippen LogP contribution in [0.2, 0.25) is 0 Å². The van der Waals surface area contributed by atoms with Crippen LogP contribution in [0.15, 0.2) is 53.6 Å². The molecule has 3 aromatic rings. The number of aromatic nitrogens is 3. The highest BCUT2D eigenvalue weighted by molar-refractivity contribution is 5.83. The van der Waals surface area contributed by atoms with Crippen LogP contribution >= 0.6 is 0 Å².